The highest BCUT2D eigenvalue weighted by atomic mass is 32.1. The zero-order valence-electron chi connectivity index (χ0n) is 9.89. The van der Waals surface area contributed by atoms with Crippen molar-refractivity contribution in [2.24, 2.45) is 5.73 Å². The van der Waals surface area contributed by atoms with E-state index in [1.165, 1.54) is 11.3 Å². The van der Waals surface area contributed by atoms with Crippen molar-refractivity contribution in [1.82, 2.24) is 9.88 Å². The highest BCUT2D eigenvalue weighted by molar-refractivity contribution is 7.09. The topological polar surface area (TPSA) is 68.5 Å². The number of carbonyl (C=O) groups is 1. The molecule has 2 N–H and O–H groups in total. The Kier molecular flexibility index (Phi) is 4.09. The fraction of sp³-hybridized carbons (Fsp3) is 0.636. The molecule has 0 aliphatic carbocycles. The third-order valence-corrected chi connectivity index (χ3v) is 3.81. The molecule has 2 rings (SSSR count). The summed E-state index contributed by atoms with van der Waals surface area (Å²) in [6.07, 6.45) is 1.64. The van der Waals surface area contributed by atoms with Crippen LogP contribution in [0.25, 0.3) is 0 Å². The number of likely N-dealkylation sites (N-methyl/N-ethyl adjacent to an activating group) is 1. The molecule has 0 radical (unpaired) electrons. The number of aromatic nitrogens is 1. The maximum absolute atomic E-state index is 12.1. The van der Waals surface area contributed by atoms with E-state index in [1.807, 2.05) is 7.05 Å². The van der Waals surface area contributed by atoms with E-state index in [0.717, 1.165) is 24.5 Å². The molecular formula is C11H17N3O2S. The van der Waals surface area contributed by atoms with Crippen molar-refractivity contribution >= 4 is 17.2 Å². The number of ether oxygens (including phenoxy) is 1. The van der Waals surface area contributed by atoms with Crippen LogP contribution in [0.2, 0.25) is 0 Å². The van der Waals surface area contributed by atoms with Gasteiger partial charge in [-0.05, 0) is 13.0 Å². The quantitative estimate of drug-likeness (QED) is 0.851. The van der Waals surface area contributed by atoms with Crippen LogP contribution in [0.15, 0.2) is 5.38 Å². The molecule has 0 spiro atoms. The lowest BCUT2D eigenvalue weighted by molar-refractivity contribution is 0.0706. The molecule has 1 aromatic rings. The largest absolute Gasteiger partial charge is 0.379 e. The SMILES string of the molecule is CN(C(=O)c1csc(CCN)n1)C1CCOC1. The summed E-state index contributed by atoms with van der Waals surface area (Å²) in [7, 11) is 1.81. The molecule has 0 saturated carbocycles. The first-order valence-corrected chi connectivity index (χ1v) is 6.59. The molecule has 1 fully saturated rings. The second-order valence-electron chi connectivity index (χ2n) is 4.10. The molecule has 2 heterocycles. The van der Waals surface area contributed by atoms with Gasteiger partial charge in [-0.2, -0.15) is 0 Å². The third kappa shape index (κ3) is 2.83. The maximum atomic E-state index is 12.1. The summed E-state index contributed by atoms with van der Waals surface area (Å²) in [6.45, 7) is 1.92. The summed E-state index contributed by atoms with van der Waals surface area (Å²) >= 11 is 1.49. The molecule has 0 bridgehead atoms. The molecular weight excluding hydrogens is 238 g/mol. The minimum atomic E-state index is -0.0278. The van der Waals surface area contributed by atoms with E-state index in [-0.39, 0.29) is 11.9 Å². The fourth-order valence-corrected chi connectivity index (χ4v) is 2.61. The zero-order valence-corrected chi connectivity index (χ0v) is 10.7. The van der Waals surface area contributed by atoms with Gasteiger partial charge < -0.3 is 15.4 Å². The van der Waals surface area contributed by atoms with Gasteiger partial charge in [0.25, 0.3) is 5.91 Å². The van der Waals surface area contributed by atoms with E-state index in [4.69, 9.17) is 10.5 Å². The molecule has 1 aromatic heterocycles. The van der Waals surface area contributed by atoms with Crippen LogP contribution in [0.1, 0.15) is 21.9 Å². The Morgan fingerprint density at radius 2 is 2.59 bits per heavy atom. The molecule has 1 saturated heterocycles. The summed E-state index contributed by atoms with van der Waals surface area (Å²) in [4.78, 5) is 18.2. The summed E-state index contributed by atoms with van der Waals surface area (Å²) in [5.74, 6) is -0.0278. The van der Waals surface area contributed by atoms with E-state index >= 15 is 0 Å². The number of nitrogens with two attached hydrogens (primary N) is 1. The Hall–Kier alpha value is -0.980. The van der Waals surface area contributed by atoms with Crippen molar-refractivity contribution in [3.63, 3.8) is 0 Å². The molecule has 6 heteroatoms. The van der Waals surface area contributed by atoms with Crippen molar-refractivity contribution in [1.29, 1.82) is 0 Å². The van der Waals surface area contributed by atoms with Crippen molar-refractivity contribution in [2.75, 3.05) is 26.8 Å². The Labute approximate surface area is 105 Å². The van der Waals surface area contributed by atoms with E-state index in [9.17, 15) is 4.79 Å². The molecule has 0 aromatic carbocycles. The number of hydrogen-bond acceptors (Lipinski definition) is 5. The number of nitrogens with zero attached hydrogens (tertiary/aromatic N) is 2. The average molecular weight is 255 g/mol. The molecule has 1 unspecified atom stereocenters. The van der Waals surface area contributed by atoms with Gasteiger partial charge in [-0.3, -0.25) is 4.79 Å². The van der Waals surface area contributed by atoms with Crippen molar-refractivity contribution < 1.29 is 9.53 Å². The fourth-order valence-electron chi connectivity index (χ4n) is 1.82. The third-order valence-electron chi connectivity index (χ3n) is 2.90. The number of rotatable bonds is 4. The summed E-state index contributed by atoms with van der Waals surface area (Å²) < 4.78 is 5.28. The van der Waals surface area contributed by atoms with E-state index in [2.05, 4.69) is 4.98 Å². The van der Waals surface area contributed by atoms with Crippen LogP contribution in [0.4, 0.5) is 0 Å². The lowest BCUT2D eigenvalue weighted by Gasteiger charge is -2.21. The van der Waals surface area contributed by atoms with Crippen molar-refractivity contribution in [3.8, 4) is 0 Å². The van der Waals surface area contributed by atoms with Crippen LogP contribution in [0.3, 0.4) is 0 Å². The summed E-state index contributed by atoms with van der Waals surface area (Å²) in [5.41, 5.74) is 5.98. The number of hydrogen-bond donors (Lipinski definition) is 1. The van der Waals surface area contributed by atoms with Crippen molar-refractivity contribution in [3.05, 3.63) is 16.1 Å². The average Bonchev–Trinajstić information content (AvgIpc) is 2.98. The lowest BCUT2D eigenvalue weighted by Crippen LogP contribution is -2.37. The van der Waals surface area contributed by atoms with Gasteiger partial charge in [0.15, 0.2) is 0 Å². The maximum Gasteiger partial charge on any atom is 0.273 e. The van der Waals surface area contributed by atoms with Crippen LogP contribution in [-0.2, 0) is 11.2 Å². The Bertz CT molecular complexity index is 388. The Balaban J connectivity index is 2.02. The van der Waals surface area contributed by atoms with Crippen LogP contribution in [0.5, 0.6) is 0 Å². The molecule has 1 atom stereocenters. The Morgan fingerprint density at radius 1 is 1.76 bits per heavy atom. The zero-order chi connectivity index (χ0) is 12.3. The molecule has 1 aliphatic heterocycles. The first kappa shape index (κ1) is 12.5. The van der Waals surface area contributed by atoms with Crippen LogP contribution >= 0.6 is 11.3 Å². The van der Waals surface area contributed by atoms with E-state index < -0.39 is 0 Å². The number of amides is 1. The first-order valence-electron chi connectivity index (χ1n) is 5.71. The van der Waals surface area contributed by atoms with Gasteiger partial charge >= 0.3 is 0 Å². The minimum absolute atomic E-state index is 0.0278. The highest BCUT2D eigenvalue weighted by Crippen LogP contribution is 2.16. The van der Waals surface area contributed by atoms with Gasteiger partial charge in [-0.25, -0.2) is 4.98 Å². The van der Waals surface area contributed by atoms with E-state index in [1.54, 1.807) is 10.3 Å². The number of thiazole rings is 1. The summed E-state index contributed by atoms with van der Waals surface area (Å²) in [5, 5.41) is 2.73. The van der Waals surface area contributed by atoms with Gasteiger partial charge in [-0.1, -0.05) is 0 Å². The minimum Gasteiger partial charge on any atom is -0.379 e. The normalized spacial score (nSPS) is 19.5. The molecule has 1 amide bonds. The summed E-state index contributed by atoms with van der Waals surface area (Å²) in [6, 6.07) is 0.183. The van der Waals surface area contributed by atoms with Crippen molar-refractivity contribution in [2.45, 2.75) is 18.9 Å². The van der Waals surface area contributed by atoms with Gasteiger partial charge in [0, 0.05) is 25.5 Å². The molecule has 1 aliphatic rings. The molecule has 94 valence electrons. The standard InChI is InChI=1S/C11H17N3O2S/c1-14(8-3-5-16-6-8)11(15)9-7-17-10(13-9)2-4-12/h7-8H,2-6,12H2,1H3. The van der Waals surface area contributed by atoms with Gasteiger partial charge in [-0.15, -0.1) is 11.3 Å². The second-order valence-corrected chi connectivity index (χ2v) is 5.04. The van der Waals surface area contributed by atoms with Gasteiger partial charge in [0.1, 0.15) is 5.69 Å². The van der Waals surface area contributed by atoms with Crippen LogP contribution < -0.4 is 5.73 Å². The highest BCUT2D eigenvalue weighted by Gasteiger charge is 2.26. The van der Waals surface area contributed by atoms with Crippen LogP contribution in [0, 0.1) is 0 Å². The molecule has 5 nitrogen and oxygen atoms in total. The monoisotopic (exact) mass is 255 g/mol. The second kappa shape index (κ2) is 5.57. The van der Waals surface area contributed by atoms with Gasteiger partial charge in [0.05, 0.1) is 17.7 Å². The van der Waals surface area contributed by atoms with Crippen LogP contribution in [-0.4, -0.2) is 48.6 Å². The van der Waals surface area contributed by atoms with E-state index in [0.29, 0.717) is 18.8 Å². The number of carbonyl (C=O) groups excluding carboxylic acids is 1. The predicted octanol–water partition coefficient (Wildman–Crippen LogP) is 0.505. The Morgan fingerprint density at radius 3 is 3.24 bits per heavy atom. The smallest absolute Gasteiger partial charge is 0.273 e. The predicted molar refractivity (Wildman–Crippen MR) is 66.2 cm³/mol. The van der Waals surface area contributed by atoms with Gasteiger partial charge in [0.2, 0.25) is 0 Å². The lowest BCUT2D eigenvalue weighted by atomic mass is 10.2. The molecule has 17 heavy (non-hydrogen) atoms. The first-order chi connectivity index (χ1) is 8.22.